The molecular weight excluding hydrogens is 360 g/mol. The molecule has 6 nitrogen and oxygen atoms in total. The molecule has 2 aromatic carbocycles. The molecule has 0 amide bonds. The standard InChI is InChI=1S/C17H13ClN4O2S/c18-15-7-3-13(4-8-15)10-25-17-21-19-11-22(17)20-9-12-1-5-14(6-2-12)16(23)24/h1-9,11H,10H2,(H,23,24)/b20-9-. The predicted octanol–water partition coefficient (Wildman–Crippen LogP) is 3.80. The van der Waals surface area contributed by atoms with Gasteiger partial charge in [0.2, 0.25) is 5.16 Å². The van der Waals surface area contributed by atoms with Gasteiger partial charge in [0.25, 0.3) is 0 Å². The van der Waals surface area contributed by atoms with E-state index in [1.54, 1.807) is 23.0 Å². The SMILES string of the molecule is O=C(O)c1ccc(/C=N\n2cnnc2SCc2ccc(Cl)cc2)cc1. The first kappa shape index (κ1) is 17.2. The molecule has 0 fully saturated rings. The zero-order valence-corrected chi connectivity index (χ0v) is 14.5. The molecule has 0 aliphatic heterocycles. The number of carboxylic acid groups (broad SMARTS) is 1. The van der Waals surface area contributed by atoms with Crippen LogP contribution >= 0.6 is 23.4 Å². The molecule has 0 aliphatic carbocycles. The van der Waals surface area contributed by atoms with Gasteiger partial charge in [0, 0.05) is 10.8 Å². The number of nitrogens with zero attached hydrogens (tertiary/aromatic N) is 4. The summed E-state index contributed by atoms with van der Waals surface area (Å²) in [5, 5.41) is 22.5. The predicted molar refractivity (Wildman–Crippen MR) is 97.4 cm³/mol. The van der Waals surface area contributed by atoms with E-state index < -0.39 is 5.97 Å². The highest BCUT2D eigenvalue weighted by Crippen LogP contribution is 2.21. The second-order valence-corrected chi connectivity index (χ2v) is 6.42. The van der Waals surface area contributed by atoms with Gasteiger partial charge in [-0.3, -0.25) is 0 Å². The lowest BCUT2D eigenvalue weighted by Gasteiger charge is -2.02. The highest BCUT2D eigenvalue weighted by atomic mass is 35.5. The summed E-state index contributed by atoms with van der Waals surface area (Å²) >= 11 is 7.39. The molecule has 0 saturated carbocycles. The Morgan fingerprint density at radius 2 is 1.92 bits per heavy atom. The first-order valence-electron chi connectivity index (χ1n) is 7.27. The summed E-state index contributed by atoms with van der Waals surface area (Å²) in [5.41, 5.74) is 2.14. The molecule has 8 heteroatoms. The van der Waals surface area contributed by atoms with Crippen molar-refractivity contribution in [2.45, 2.75) is 10.9 Å². The molecule has 0 atom stereocenters. The summed E-state index contributed by atoms with van der Waals surface area (Å²) in [6, 6.07) is 14.1. The molecule has 3 rings (SSSR count). The summed E-state index contributed by atoms with van der Waals surface area (Å²) < 4.78 is 1.58. The van der Waals surface area contributed by atoms with Crippen LogP contribution in [0.1, 0.15) is 21.5 Å². The Balaban J connectivity index is 1.66. The molecule has 0 spiro atoms. The highest BCUT2D eigenvalue weighted by Gasteiger charge is 2.05. The number of aromatic nitrogens is 3. The zero-order valence-electron chi connectivity index (χ0n) is 12.9. The minimum Gasteiger partial charge on any atom is -0.478 e. The van der Waals surface area contributed by atoms with Gasteiger partial charge in [-0.25, -0.2) is 4.79 Å². The summed E-state index contributed by atoms with van der Waals surface area (Å²) in [6.07, 6.45) is 3.15. The third-order valence-electron chi connectivity index (χ3n) is 3.27. The monoisotopic (exact) mass is 372 g/mol. The molecule has 25 heavy (non-hydrogen) atoms. The number of halogens is 1. The van der Waals surface area contributed by atoms with Crippen molar-refractivity contribution in [1.29, 1.82) is 0 Å². The van der Waals surface area contributed by atoms with Gasteiger partial charge >= 0.3 is 5.97 Å². The van der Waals surface area contributed by atoms with Gasteiger partial charge < -0.3 is 5.11 Å². The smallest absolute Gasteiger partial charge is 0.335 e. The van der Waals surface area contributed by atoms with E-state index in [0.717, 1.165) is 16.9 Å². The number of hydrogen-bond donors (Lipinski definition) is 1. The van der Waals surface area contributed by atoms with Crippen LogP contribution in [0.2, 0.25) is 5.02 Å². The van der Waals surface area contributed by atoms with Gasteiger partial charge in [-0.15, -0.1) is 10.2 Å². The third-order valence-corrected chi connectivity index (χ3v) is 4.53. The van der Waals surface area contributed by atoms with E-state index >= 15 is 0 Å². The van der Waals surface area contributed by atoms with Crippen molar-refractivity contribution in [1.82, 2.24) is 14.9 Å². The fourth-order valence-corrected chi connectivity index (χ4v) is 2.91. The minimum atomic E-state index is -0.955. The van der Waals surface area contributed by atoms with E-state index in [2.05, 4.69) is 15.3 Å². The maximum atomic E-state index is 10.8. The van der Waals surface area contributed by atoms with Crippen LogP contribution in [-0.4, -0.2) is 32.2 Å². The largest absolute Gasteiger partial charge is 0.478 e. The molecule has 1 aromatic heterocycles. The second kappa shape index (κ2) is 7.96. The lowest BCUT2D eigenvalue weighted by molar-refractivity contribution is 0.0697. The molecule has 126 valence electrons. The van der Waals surface area contributed by atoms with Crippen LogP contribution in [0.5, 0.6) is 0 Å². The molecule has 1 N–H and O–H groups in total. The van der Waals surface area contributed by atoms with Crippen LogP contribution in [0.3, 0.4) is 0 Å². The van der Waals surface area contributed by atoms with E-state index in [0.29, 0.717) is 10.2 Å². The molecule has 0 bridgehead atoms. The fourth-order valence-electron chi connectivity index (χ4n) is 1.96. The summed E-state index contributed by atoms with van der Waals surface area (Å²) in [4.78, 5) is 10.8. The maximum Gasteiger partial charge on any atom is 0.335 e. The first-order chi connectivity index (χ1) is 12.1. The maximum absolute atomic E-state index is 10.8. The van der Waals surface area contributed by atoms with Crippen molar-refractivity contribution in [3.05, 3.63) is 76.6 Å². The van der Waals surface area contributed by atoms with Gasteiger partial charge in [0.15, 0.2) is 0 Å². The number of thioether (sulfide) groups is 1. The van der Waals surface area contributed by atoms with Crippen molar-refractivity contribution in [3.63, 3.8) is 0 Å². The van der Waals surface area contributed by atoms with Crippen LogP contribution in [0, 0.1) is 0 Å². The van der Waals surface area contributed by atoms with E-state index in [-0.39, 0.29) is 5.56 Å². The molecule has 0 radical (unpaired) electrons. The molecule has 1 heterocycles. The molecule has 3 aromatic rings. The Kier molecular flexibility index (Phi) is 5.47. The first-order valence-corrected chi connectivity index (χ1v) is 8.63. The number of carbonyl (C=O) groups is 1. The normalized spacial score (nSPS) is 11.1. The van der Waals surface area contributed by atoms with E-state index in [4.69, 9.17) is 16.7 Å². The van der Waals surface area contributed by atoms with E-state index in [1.165, 1.54) is 30.2 Å². The summed E-state index contributed by atoms with van der Waals surface area (Å²) in [7, 11) is 0. The van der Waals surface area contributed by atoms with Gasteiger partial charge in [-0.2, -0.15) is 9.78 Å². The highest BCUT2D eigenvalue weighted by molar-refractivity contribution is 7.98. The van der Waals surface area contributed by atoms with Crippen LogP contribution in [0.15, 0.2) is 65.1 Å². The fraction of sp³-hybridized carbons (Fsp3) is 0.0588. The van der Waals surface area contributed by atoms with Gasteiger partial charge in [-0.1, -0.05) is 47.6 Å². The molecule has 0 unspecified atom stereocenters. The lowest BCUT2D eigenvalue weighted by Crippen LogP contribution is -1.96. The Hall–Kier alpha value is -2.64. The Morgan fingerprint density at radius 1 is 1.20 bits per heavy atom. The third kappa shape index (κ3) is 4.68. The Morgan fingerprint density at radius 3 is 2.60 bits per heavy atom. The quantitative estimate of drug-likeness (QED) is 0.525. The number of carboxylic acids is 1. The second-order valence-electron chi connectivity index (χ2n) is 5.04. The number of hydrogen-bond acceptors (Lipinski definition) is 5. The van der Waals surface area contributed by atoms with Crippen molar-refractivity contribution < 1.29 is 9.90 Å². The number of aromatic carboxylic acids is 1. The Bertz CT molecular complexity index is 892. The Labute approximate surface area is 153 Å². The van der Waals surface area contributed by atoms with Gasteiger partial charge in [0.05, 0.1) is 11.8 Å². The van der Waals surface area contributed by atoms with Crippen LogP contribution in [0.25, 0.3) is 0 Å². The van der Waals surface area contributed by atoms with Crippen molar-refractivity contribution in [3.8, 4) is 0 Å². The van der Waals surface area contributed by atoms with Gasteiger partial charge in [-0.05, 0) is 35.4 Å². The number of rotatable bonds is 6. The average molecular weight is 373 g/mol. The van der Waals surface area contributed by atoms with Crippen LogP contribution in [0.4, 0.5) is 0 Å². The average Bonchev–Trinajstić information content (AvgIpc) is 3.07. The van der Waals surface area contributed by atoms with Crippen LogP contribution < -0.4 is 0 Å². The molecular formula is C17H13ClN4O2S. The van der Waals surface area contributed by atoms with Crippen molar-refractivity contribution in [2.75, 3.05) is 0 Å². The van der Waals surface area contributed by atoms with E-state index in [9.17, 15) is 4.79 Å². The zero-order chi connectivity index (χ0) is 17.6. The van der Waals surface area contributed by atoms with Gasteiger partial charge in [0.1, 0.15) is 6.33 Å². The van der Waals surface area contributed by atoms with Crippen molar-refractivity contribution in [2.24, 2.45) is 5.10 Å². The molecule has 0 aliphatic rings. The summed E-state index contributed by atoms with van der Waals surface area (Å²) in [5.74, 6) is -0.234. The van der Waals surface area contributed by atoms with Crippen molar-refractivity contribution >= 4 is 35.5 Å². The van der Waals surface area contributed by atoms with Crippen LogP contribution in [-0.2, 0) is 5.75 Å². The summed E-state index contributed by atoms with van der Waals surface area (Å²) in [6.45, 7) is 0. The lowest BCUT2D eigenvalue weighted by atomic mass is 10.1. The number of benzene rings is 2. The topological polar surface area (TPSA) is 80.4 Å². The van der Waals surface area contributed by atoms with E-state index in [1.807, 2.05) is 24.3 Å². The minimum absolute atomic E-state index is 0.237. The molecule has 0 saturated heterocycles.